The third-order valence-corrected chi connectivity index (χ3v) is 2.72. The van der Waals surface area contributed by atoms with E-state index in [1.807, 2.05) is 0 Å². The van der Waals surface area contributed by atoms with Crippen molar-refractivity contribution in [3.63, 3.8) is 0 Å². The SMILES string of the molecule is CC(C)c1ccc2c(c1)C(=O)CC2. The van der Waals surface area contributed by atoms with E-state index < -0.39 is 0 Å². The van der Waals surface area contributed by atoms with Crippen molar-refractivity contribution in [3.05, 3.63) is 34.9 Å². The van der Waals surface area contributed by atoms with Gasteiger partial charge in [0.05, 0.1) is 0 Å². The molecular formula is C12H14O. The van der Waals surface area contributed by atoms with Crippen LogP contribution in [-0.4, -0.2) is 5.78 Å². The number of carbonyl (C=O) groups is 1. The third-order valence-electron chi connectivity index (χ3n) is 2.72. The summed E-state index contributed by atoms with van der Waals surface area (Å²) >= 11 is 0. The van der Waals surface area contributed by atoms with E-state index in [0.717, 1.165) is 12.0 Å². The summed E-state index contributed by atoms with van der Waals surface area (Å²) in [6.07, 6.45) is 1.64. The molecule has 0 unspecified atom stereocenters. The van der Waals surface area contributed by atoms with E-state index >= 15 is 0 Å². The molecule has 0 amide bonds. The van der Waals surface area contributed by atoms with E-state index in [1.165, 1.54) is 11.1 Å². The van der Waals surface area contributed by atoms with Crippen LogP contribution in [0.2, 0.25) is 0 Å². The molecule has 0 fully saturated rings. The summed E-state index contributed by atoms with van der Waals surface area (Å²) in [4.78, 5) is 11.4. The Morgan fingerprint density at radius 2 is 2.00 bits per heavy atom. The second-order valence-corrected chi connectivity index (χ2v) is 3.99. The fraction of sp³-hybridized carbons (Fsp3) is 0.417. The second-order valence-electron chi connectivity index (χ2n) is 3.99. The van der Waals surface area contributed by atoms with Gasteiger partial charge in [0.25, 0.3) is 0 Å². The zero-order chi connectivity index (χ0) is 9.42. The Morgan fingerprint density at radius 3 is 2.69 bits per heavy atom. The van der Waals surface area contributed by atoms with Crippen LogP contribution in [-0.2, 0) is 6.42 Å². The van der Waals surface area contributed by atoms with Crippen molar-refractivity contribution in [2.24, 2.45) is 0 Å². The lowest BCUT2D eigenvalue weighted by Gasteiger charge is -2.06. The number of rotatable bonds is 1. The molecule has 1 heteroatoms. The molecule has 0 atom stereocenters. The van der Waals surface area contributed by atoms with Gasteiger partial charge in [-0.1, -0.05) is 26.0 Å². The van der Waals surface area contributed by atoms with Gasteiger partial charge in [-0.15, -0.1) is 0 Å². The molecular weight excluding hydrogens is 160 g/mol. The lowest BCUT2D eigenvalue weighted by Crippen LogP contribution is -1.94. The van der Waals surface area contributed by atoms with Crippen LogP contribution < -0.4 is 0 Å². The van der Waals surface area contributed by atoms with Crippen LogP contribution in [0.3, 0.4) is 0 Å². The molecule has 68 valence electrons. The van der Waals surface area contributed by atoms with Gasteiger partial charge in [-0.2, -0.15) is 0 Å². The molecule has 0 heterocycles. The minimum Gasteiger partial charge on any atom is -0.294 e. The van der Waals surface area contributed by atoms with Crippen molar-refractivity contribution in [1.29, 1.82) is 0 Å². The number of fused-ring (bicyclic) bond motifs is 1. The molecule has 0 saturated carbocycles. The van der Waals surface area contributed by atoms with Crippen molar-refractivity contribution in [2.45, 2.75) is 32.6 Å². The van der Waals surface area contributed by atoms with Gasteiger partial charge in [-0.05, 0) is 29.5 Å². The minimum atomic E-state index is 0.317. The first-order valence-electron chi connectivity index (χ1n) is 4.84. The number of hydrogen-bond acceptors (Lipinski definition) is 1. The largest absolute Gasteiger partial charge is 0.294 e. The normalized spacial score (nSPS) is 15.2. The van der Waals surface area contributed by atoms with Gasteiger partial charge in [0.1, 0.15) is 0 Å². The summed E-state index contributed by atoms with van der Waals surface area (Å²) in [5, 5.41) is 0. The van der Waals surface area contributed by atoms with Gasteiger partial charge in [0, 0.05) is 12.0 Å². The van der Waals surface area contributed by atoms with Gasteiger partial charge in [-0.3, -0.25) is 4.79 Å². The molecule has 1 aliphatic carbocycles. The smallest absolute Gasteiger partial charge is 0.163 e. The van der Waals surface area contributed by atoms with Crippen molar-refractivity contribution in [2.75, 3.05) is 0 Å². The summed E-state index contributed by atoms with van der Waals surface area (Å²) < 4.78 is 0. The van der Waals surface area contributed by atoms with Crippen LogP contribution in [0.4, 0.5) is 0 Å². The number of ketones is 1. The van der Waals surface area contributed by atoms with E-state index in [1.54, 1.807) is 0 Å². The fourth-order valence-corrected chi connectivity index (χ4v) is 1.81. The Kier molecular flexibility index (Phi) is 1.95. The molecule has 13 heavy (non-hydrogen) atoms. The molecule has 1 aromatic rings. The molecule has 2 rings (SSSR count). The number of Topliss-reactive ketones (excluding diaryl/α,β-unsaturated/α-hetero) is 1. The average molecular weight is 174 g/mol. The molecule has 1 aliphatic rings. The number of benzene rings is 1. The Hall–Kier alpha value is -1.11. The molecule has 0 bridgehead atoms. The van der Waals surface area contributed by atoms with E-state index in [-0.39, 0.29) is 0 Å². The summed E-state index contributed by atoms with van der Waals surface area (Å²) in [6.45, 7) is 4.31. The molecule has 0 aromatic heterocycles. The van der Waals surface area contributed by atoms with E-state index in [4.69, 9.17) is 0 Å². The third kappa shape index (κ3) is 1.39. The van der Waals surface area contributed by atoms with Gasteiger partial charge in [0.2, 0.25) is 0 Å². The summed E-state index contributed by atoms with van der Waals surface area (Å²) in [5.41, 5.74) is 3.47. The Balaban J connectivity index is 2.48. The predicted molar refractivity (Wildman–Crippen MR) is 53.2 cm³/mol. The standard InChI is InChI=1S/C12H14O/c1-8(2)10-4-3-9-5-6-12(13)11(9)7-10/h3-4,7-8H,5-6H2,1-2H3. The van der Waals surface area contributed by atoms with Crippen LogP contribution >= 0.6 is 0 Å². The van der Waals surface area contributed by atoms with Crippen molar-refractivity contribution in [3.8, 4) is 0 Å². The molecule has 0 saturated heterocycles. The minimum absolute atomic E-state index is 0.317. The summed E-state index contributed by atoms with van der Waals surface area (Å²) in [7, 11) is 0. The highest BCUT2D eigenvalue weighted by molar-refractivity contribution is 6.00. The van der Waals surface area contributed by atoms with Crippen molar-refractivity contribution >= 4 is 5.78 Å². The molecule has 0 N–H and O–H groups in total. The first kappa shape index (κ1) is 8.49. The Labute approximate surface area is 78.8 Å². The predicted octanol–water partition coefficient (Wildman–Crippen LogP) is 2.94. The second kappa shape index (κ2) is 2.99. The fourth-order valence-electron chi connectivity index (χ4n) is 1.81. The van der Waals surface area contributed by atoms with Gasteiger partial charge >= 0.3 is 0 Å². The lowest BCUT2D eigenvalue weighted by molar-refractivity contribution is 0.0994. The maximum atomic E-state index is 11.4. The van der Waals surface area contributed by atoms with E-state index in [2.05, 4.69) is 32.0 Å². The molecule has 1 aromatic carbocycles. The lowest BCUT2D eigenvalue weighted by atomic mass is 9.98. The number of carbonyl (C=O) groups excluding carboxylic acids is 1. The van der Waals surface area contributed by atoms with Crippen LogP contribution in [0.5, 0.6) is 0 Å². The van der Waals surface area contributed by atoms with Crippen LogP contribution in [0.25, 0.3) is 0 Å². The van der Waals surface area contributed by atoms with Gasteiger partial charge < -0.3 is 0 Å². The first-order chi connectivity index (χ1) is 6.18. The summed E-state index contributed by atoms with van der Waals surface area (Å²) in [6, 6.07) is 6.31. The van der Waals surface area contributed by atoms with Crippen LogP contribution in [0, 0.1) is 0 Å². The molecule has 0 radical (unpaired) electrons. The van der Waals surface area contributed by atoms with E-state index in [0.29, 0.717) is 18.1 Å². The van der Waals surface area contributed by atoms with Crippen LogP contribution in [0.15, 0.2) is 18.2 Å². The zero-order valence-corrected chi connectivity index (χ0v) is 8.13. The maximum absolute atomic E-state index is 11.4. The monoisotopic (exact) mass is 174 g/mol. The number of aryl methyl sites for hydroxylation is 1. The number of hydrogen-bond donors (Lipinski definition) is 0. The Morgan fingerprint density at radius 1 is 1.23 bits per heavy atom. The average Bonchev–Trinajstić information content (AvgIpc) is 2.47. The van der Waals surface area contributed by atoms with Crippen molar-refractivity contribution in [1.82, 2.24) is 0 Å². The highest BCUT2D eigenvalue weighted by Gasteiger charge is 2.19. The van der Waals surface area contributed by atoms with Gasteiger partial charge in [0.15, 0.2) is 5.78 Å². The zero-order valence-electron chi connectivity index (χ0n) is 8.13. The topological polar surface area (TPSA) is 17.1 Å². The van der Waals surface area contributed by atoms with E-state index in [9.17, 15) is 4.79 Å². The highest BCUT2D eigenvalue weighted by Crippen LogP contribution is 2.25. The highest BCUT2D eigenvalue weighted by atomic mass is 16.1. The maximum Gasteiger partial charge on any atom is 0.163 e. The summed E-state index contributed by atoms with van der Waals surface area (Å²) in [5.74, 6) is 0.830. The van der Waals surface area contributed by atoms with Gasteiger partial charge in [-0.25, -0.2) is 0 Å². The molecule has 0 spiro atoms. The van der Waals surface area contributed by atoms with Crippen LogP contribution in [0.1, 0.15) is 47.7 Å². The molecule has 1 nitrogen and oxygen atoms in total. The van der Waals surface area contributed by atoms with Crippen molar-refractivity contribution < 1.29 is 4.79 Å². The Bertz CT molecular complexity index is 350. The molecule has 0 aliphatic heterocycles. The first-order valence-corrected chi connectivity index (χ1v) is 4.84. The quantitative estimate of drug-likeness (QED) is 0.639.